The summed E-state index contributed by atoms with van der Waals surface area (Å²) in [7, 11) is 9.53. The molecule has 5 nitrogen and oxygen atoms in total. The molecule has 1 aliphatic heterocycles. The van der Waals surface area contributed by atoms with Gasteiger partial charge in [0.1, 0.15) is 0 Å². The molecule has 0 radical (unpaired) electrons. The summed E-state index contributed by atoms with van der Waals surface area (Å²) in [6.07, 6.45) is 10.1. The molecule has 3 rings (SSSR count). The molecule has 0 amide bonds. The van der Waals surface area contributed by atoms with Crippen molar-refractivity contribution < 1.29 is 29.8 Å². The van der Waals surface area contributed by atoms with Crippen molar-refractivity contribution in [1.29, 1.82) is 0 Å². The van der Waals surface area contributed by atoms with Gasteiger partial charge in [0.2, 0.25) is 0 Å². The molecule has 2 saturated carbocycles. The van der Waals surface area contributed by atoms with Gasteiger partial charge in [-0.2, -0.15) is 63.4 Å². The fraction of sp³-hybridized carbons (Fsp3) is 1.00. The first-order valence-electron chi connectivity index (χ1n) is 10.00. The molecule has 0 N–H and O–H groups in total. The van der Waals surface area contributed by atoms with Crippen molar-refractivity contribution in [3.8, 4) is 0 Å². The predicted molar refractivity (Wildman–Crippen MR) is 116 cm³/mol. The first kappa shape index (κ1) is 26.2. The Kier molecular flexibility index (Phi) is 16.4. The first-order chi connectivity index (χ1) is 12.8. The summed E-state index contributed by atoms with van der Waals surface area (Å²) in [6, 6.07) is 1.76. The van der Waals surface area contributed by atoms with Gasteiger partial charge in [-0.3, -0.25) is 0 Å². The zero-order valence-electron chi connectivity index (χ0n) is 15.9. The molecular weight excluding hydrogens is 448 g/mol. The molecule has 0 aromatic heterocycles. The number of rotatable bonds is 0. The molecule has 0 aromatic rings. The van der Waals surface area contributed by atoms with Crippen LogP contribution in [-0.4, -0.2) is 63.4 Å². The van der Waals surface area contributed by atoms with Crippen molar-refractivity contribution in [1.82, 2.24) is 0 Å². The van der Waals surface area contributed by atoms with Gasteiger partial charge in [-0.25, -0.2) is 0 Å². The third kappa shape index (κ3) is 10.7. The van der Waals surface area contributed by atoms with E-state index in [0.717, 1.165) is 39.3 Å². The zero-order valence-corrected chi connectivity index (χ0v) is 19.3. The third-order valence-electron chi connectivity index (χ3n) is 5.46. The molecule has 2 aliphatic carbocycles. The molecule has 0 spiro atoms. The van der Waals surface area contributed by atoms with E-state index in [2.05, 4.69) is 5.32 Å². The summed E-state index contributed by atoms with van der Waals surface area (Å²) < 4.78 is 0. The van der Waals surface area contributed by atoms with E-state index < -0.39 is 0 Å². The van der Waals surface area contributed by atoms with E-state index in [0.29, 0.717) is 24.2 Å². The van der Waals surface area contributed by atoms with Crippen LogP contribution >= 0.6 is 20.2 Å². The van der Waals surface area contributed by atoms with Gasteiger partial charge in [-0.05, 0) is 0 Å². The summed E-state index contributed by atoms with van der Waals surface area (Å²) in [4.78, 5) is 0. The molecule has 9 heteroatoms. The molecule has 1 heterocycles. The van der Waals surface area contributed by atoms with Gasteiger partial charge in [0.05, 0.1) is 0 Å². The molecule has 27 heavy (non-hydrogen) atoms. The Morgan fingerprint density at radius 1 is 0.556 bits per heavy atom. The van der Waals surface area contributed by atoms with Crippen molar-refractivity contribution in [3.05, 3.63) is 26.6 Å². The summed E-state index contributed by atoms with van der Waals surface area (Å²) >= 11 is 0.194. The van der Waals surface area contributed by atoms with E-state index in [-0.39, 0.29) is 29.8 Å². The topological polar surface area (TPSA) is 70.5 Å². The number of nitrogens with zero attached hydrogens (tertiary/aromatic N) is 5. The zero-order chi connectivity index (χ0) is 18.5. The van der Waals surface area contributed by atoms with Crippen LogP contribution in [0.3, 0.4) is 0 Å². The second-order valence-electron chi connectivity index (χ2n) is 7.18. The normalized spacial score (nSPS) is 33.7. The first-order valence-corrected chi connectivity index (χ1v) is 13.0. The van der Waals surface area contributed by atoms with Crippen molar-refractivity contribution in [2.24, 2.45) is 0 Å². The Balaban J connectivity index is -0.000000984. The van der Waals surface area contributed by atoms with Crippen LogP contribution in [0, 0.1) is 0 Å². The Bertz CT molecular complexity index is 341. The summed E-state index contributed by atoms with van der Waals surface area (Å²) in [5, 5.41) is 24.3. The largest absolute Gasteiger partial charge is 0 e. The smallest absolute Gasteiger partial charge is 0 e. The Morgan fingerprint density at radius 2 is 0.815 bits per heavy atom. The van der Waals surface area contributed by atoms with Crippen LogP contribution in [-0.2, 0) is 13.1 Å². The molecule has 3 fully saturated rings. The van der Waals surface area contributed by atoms with Crippen LogP contribution in [0.25, 0.3) is 26.6 Å². The monoisotopic (exact) mass is 485 g/mol. The maximum Gasteiger partial charge on any atom is 0 e. The van der Waals surface area contributed by atoms with Crippen LogP contribution < -0.4 is 12.4 Å². The second kappa shape index (κ2) is 16.9. The average Bonchev–Trinajstić information content (AvgIpc) is 2.67. The van der Waals surface area contributed by atoms with Gasteiger partial charge in [0, 0.05) is 4.28 Å². The van der Waals surface area contributed by atoms with Crippen molar-refractivity contribution >= 4 is 20.2 Å². The summed E-state index contributed by atoms with van der Waals surface area (Å²) in [5.74, 6) is 0. The van der Waals surface area contributed by atoms with E-state index >= 15 is 0 Å². The van der Waals surface area contributed by atoms with Crippen molar-refractivity contribution in [3.63, 3.8) is 0 Å². The molecule has 0 bridgehead atoms. The minimum Gasteiger partial charge on any atom is 0 e. The minimum atomic E-state index is 0. The van der Waals surface area contributed by atoms with Gasteiger partial charge in [-0.1, -0.05) is 51.4 Å². The SMILES string of the molecule is C1CCC2[N-]CC[N-]C3CCCCC3[N-]CC[N-]CC[N-]C2C1.[Cl-].[Cl][Fe][Cl].[HH].[HH].[HH]. The minimum absolute atomic E-state index is 0. The third-order valence-corrected chi connectivity index (χ3v) is 5.46. The predicted octanol–water partition coefficient (Wildman–Crippen LogP) is 3.61. The molecular formula is C18H38Cl3FeN5-6. The van der Waals surface area contributed by atoms with Gasteiger partial charge in [-0.15, -0.1) is 0 Å². The second-order valence-corrected chi connectivity index (χ2v) is 9.01. The van der Waals surface area contributed by atoms with Crippen LogP contribution in [0.5, 0.6) is 0 Å². The van der Waals surface area contributed by atoms with E-state index in [4.69, 9.17) is 41.5 Å². The van der Waals surface area contributed by atoms with Gasteiger partial charge in [0.25, 0.3) is 0 Å². The van der Waals surface area contributed by atoms with Gasteiger partial charge >= 0.3 is 33.3 Å². The molecule has 170 valence electrons. The number of fused-ring (bicyclic) bond motifs is 2. The maximum absolute atomic E-state index is 4.95. The Morgan fingerprint density at radius 3 is 1.11 bits per heavy atom. The Labute approximate surface area is 191 Å². The number of hydrogen-bond acceptors (Lipinski definition) is 0. The fourth-order valence-electron chi connectivity index (χ4n) is 4.18. The average molecular weight is 487 g/mol. The van der Waals surface area contributed by atoms with Crippen molar-refractivity contribution in [2.45, 2.75) is 75.5 Å². The van der Waals surface area contributed by atoms with Crippen LogP contribution in [0.1, 0.15) is 55.6 Å². The van der Waals surface area contributed by atoms with E-state index in [1.165, 1.54) is 51.4 Å². The van der Waals surface area contributed by atoms with E-state index in [9.17, 15) is 0 Å². The molecule has 0 aromatic carbocycles. The summed E-state index contributed by atoms with van der Waals surface area (Å²) in [5.41, 5.74) is 0. The molecule has 1 saturated heterocycles. The van der Waals surface area contributed by atoms with Gasteiger partial charge in [0.15, 0.2) is 0 Å². The van der Waals surface area contributed by atoms with Crippen LogP contribution in [0.2, 0.25) is 0 Å². The standard InChI is InChI=1S/C18H32N5.3ClH.Fe.3H2/c1-3-7-17-15(5-1)20-11-9-19-10-12-21-16-6-2-4-8-18(16)23-14-13-22-17;;;;;;;/h15-18H,1-14H2;3*1H;;3*1H/q-5;;;;+2;;;/p-3. The number of halogens is 3. The van der Waals surface area contributed by atoms with E-state index in [1.54, 1.807) is 0 Å². The summed E-state index contributed by atoms with van der Waals surface area (Å²) in [6.45, 7) is 5.21. The van der Waals surface area contributed by atoms with Crippen molar-refractivity contribution in [2.75, 3.05) is 39.3 Å². The molecule has 4 atom stereocenters. The molecule has 4 unspecified atom stereocenters. The Hall–Kier alpha value is 1.19. The van der Waals surface area contributed by atoms with E-state index in [1.807, 2.05) is 0 Å². The van der Waals surface area contributed by atoms with Crippen LogP contribution in [0.15, 0.2) is 0 Å². The quantitative estimate of drug-likeness (QED) is 0.470. The number of hydrogen-bond donors (Lipinski definition) is 0. The van der Waals surface area contributed by atoms with Gasteiger partial charge < -0.3 is 39.0 Å². The molecule has 3 aliphatic rings. The maximum atomic E-state index is 4.95. The fourth-order valence-corrected chi connectivity index (χ4v) is 4.18. The van der Waals surface area contributed by atoms with Crippen LogP contribution in [0.4, 0.5) is 0 Å².